The van der Waals surface area contributed by atoms with Gasteiger partial charge in [-0.2, -0.15) is 10.2 Å². The van der Waals surface area contributed by atoms with Crippen LogP contribution in [0.25, 0.3) is 11.7 Å². The highest BCUT2D eigenvalue weighted by Crippen LogP contribution is 2.29. The van der Waals surface area contributed by atoms with Gasteiger partial charge < -0.3 is 19.1 Å². The van der Waals surface area contributed by atoms with Gasteiger partial charge in [0.05, 0.1) is 6.26 Å². The van der Waals surface area contributed by atoms with Crippen LogP contribution in [-0.4, -0.2) is 48.5 Å². The van der Waals surface area contributed by atoms with Crippen molar-refractivity contribution in [3.05, 3.63) is 54.4 Å². The van der Waals surface area contributed by atoms with Gasteiger partial charge in [-0.15, -0.1) is 0 Å². The van der Waals surface area contributed by atoms with E-state index < -0.39 is 0 Å². The minimum atomic E-state index is 0.00344. The Morgan fingerprint density at radius 1 is 1.14 bits per heavy atom. The quantitative estimate of drug-likeness (QED) is 0.690. The SMILES string of the molecule is N#Cc1nc(-c2ccco2)oc1N1CCN(CCC(=O)Nc2ccccc2)CC1. The molecule has 1 amide bonds. The number of nitrogens with zero attached hydrogens (tertiary/aromatic N) is 4. The smallest absolute Gasteiger partial charge is 0.266 e. The van der Waals surface area contributed by atoms with Gasteiger partial charge in [0.1, 0.15) is 6.07 Å². The Labute approximate surface area is 168 Å². The van der Waals surface area contributed by atoms with E-state index in [1.165, 1.54) is 6.26 Å². The molecule has 4 rings (SSSR count). The predicted molar refractivity (Wildman–Crippen MR) is 107 cm³/mol. The summed E-state index contributed by atoms with van der Waals surface area (Å²) in [5.74, 6) is 1.28. The number of nitrogens with one attached hydrogen (secondary N) is 1. The second-order valence-corrected chi connectivity index (χ2v) is 6.75. The molecule has 2 aromatic heterocycles. The van der Waals surface area contributed by atoms with Crippen molar-refractivity contribution in [3.8, 4) is 17.7 Å². The Morgan fingerprint density at radius 2 is 1.93 bits per heavy atom. The van der Waals surface area contributed by atoms with Crippen molar-refractivity contribution in [2.24, 2.45) is 0 Å². The number of nitriles is 1. The van der Waals surface area contributed by atoms with Crippen LogP contribution in [0.4, 0.5) is 11.6 Å². The number of hydrogen-bond donors (Lipinski definition) is 1. The van der Waals surface area contributed by atoms with Gasteiger partial charge in [-0.3, -0.25) is 9.69 Å². The number of carbonyl (C=O) groups is 1. The molecule has 0 aliphatic carbocycles. The van der Waals surface area contributed by atoms with Crippen molar-refractivity contribution < 1.29 is 13.6 Å². The Kier molecular flexibility index (Phi) is 5.59. The van der Waals surface area contributed by atoms with E-state index in [0.29, 0.717) is 43.6 Å². The van der Waals surface area contributed by atoms with Gasteiger partial charge in [0, 0.05) is 44.8 Å². The summed E-state index contributed by atoms with van der Waals surface area (Å²) >= 11 is 0. The van der Waals surface area contributed by atoms with Crippen molar-refractivity contribution in [3.63, 3.8) is 0 Å². The highest BCUT2D eigenvalue weighted by Gasteiger charge is 2.25. The van der Waals surface area contributed by atoms with Crippen LogP contribution in [0, 0.1) is 11.3 Å². The van der Waals surface area contributed by atoms with Crippen molar-refractivity contribution in [1.29, 1.82) is 5.26 Å². The molecular weight excluding hydrogens is 370 g/mol. The number of rotatable bonds is 6. The molecule has 8 nitrogen and oxygen atoms in total. The molecule has 0 bridgehead atoms. The number of anilines is 2. The number of oxazole rings is 1. The normalized spacial score (nSPS) is 14.5. The average molecular weight is 391 g/mol. The molecule has 0 unspecified atom stereocenters. The summed E-state index contributed by atoms with van der Waals surface area (Å²) in [6.07, 6.45) is 1.97. The summed E-state index contributed by atoms with van der Waals surface area (Å²) in [5, 5.41) is 12.3. The van der Waals surface area contributed by atoms with E-state index in [1.54, 1.807) is 12.1 Å². The lowest BCUT2D eigenvalue weighted by Crippen LogP contribution is -2.47. The fourth-order valence-electron chi connectivity index (χ4n) is 3.28. The van der Waals surface area contributed by atoms with Crippen molar-refractivity contribution in [1.82, 2.24) is 9.88 Å². The first-order chi connectivity index (χ1) is 14.2. The Bertz CT molecular complexity index is 983. The molecule has 1 aromatic carbocycles. The number of carbonyl (C=O) groups excluding carboxylic acids is 1. The standard InChI is InChI=1S/C21H21N5O3/c22-15-17-21(29-20(24-17)18-7-4-14-28-18)26-12-10-25(11-13-26)9-8-19(27)23-16-5-2-1-3-6-16/h1-7,14H,8-13H2,(H,23,27). The number of benzene rings is 1. The molecule has 1 fully saturated rings. The summed E-state index contributed by atoms with van der Waals surface area (Å²) in [6.45, 7) is 3.63. The molecule has 3 heterocycles. The molecule has 148 valence electrons. The summed E-state index contributed by atoms with van der Waals surface area (Å²) in [7, 11) is 0. The van der Waals surface area contributed by atoms with E-state index in [1.807, 2.05) is 35.2 Å². The van der Waals surface area contributed by atoms with Crippen LogP contribution in [0.1, 0.15) is 12.1 Å². The molecule has 1 saturated heterocycles. The number of furan rings is 1. The Balaban J connectivity index is 1.29. The van der Waals surface area contributed by atoms with E-state index in [0.717, 1.165) is 18.8 Å². The van der Waals surface area contributed by atoms with E-state index in [9.17, 15) is 10.1 Å². The summed E-state index contributed by atoms with van der Waals surface area (Å²) in [4.78, 5) is 20.6. The monoisotopic (exact) mass is 391 g/mol. The van der Waals surface area contributed by atoms with Gasteiger partial charge >= 0.3 is 0 Å². The van der Waals surface area contributed by atoms with Crippen LogP contribution in [0.3, 0.4) is 0 Å². The van der Waals surface area contributed by atoms with Crippen LogP contribution in [-0.2, 0) is 4.79 Å². The Hall–Kier alpha value is -3.57. The van der Waals surface area contributed by atoms with Gasteiger partial charge in [0.25, 0.3) is 5.89 Å². The lowest BCUT2D eigenvalue weighted by molar-refractivity contribution is -0.116. The van der Waals surface area contributed by atoms with Gasteiger partial charge in [0.15, 0.2) is 5.76 Å². The fourth-order valence-corrected chi connectivity index (χ4v) is 3.28. The van der Waals surface area contributed by atoms with E-state index in [-0.39, 0.29) is 11.6 Å². The van der Waals surface area contributed by atoms with Crippen molar-refractivity contribution >= 4 is 17.5 Å². The first-order valence-corrected chi connectivity index (χ1v) is 9.50. The average Bonchev–Trinajstić information content (AvgIpc) is 3.43. The highest BCUT2D eigenvalue weighted by atomic mass is 16.4. The molecule has 3 aromatic rings. The topological polar surface area (TPSA) is 98.5 Å². The number of hydrogen-bond acceptors (Lipinski definition) is 7. The lowest BCUT2D eigenvalue weighted by Gasteiger charge is -2.34. The zero-order chi connectivity index (χ0) is 20.1. The second kappa shape index (κ2) is 8.63. The maximum atomic E-state index is 12.1. The predicted octanol–water partition coefficient (Wildman–Crippen LogP) is 2.96. The van der Waals surface area contributed by atoms with Gasteiger partial charge in [0.2, 0.25) is 17.5 Å². The molecule has 0 saturated carbocycles. The molecule has 29 heavy (non-hydrogen) atoms. The minimum Gasteiger partial charge on any atom is -0.459 e. The van der Waals surface area contributed by atoms with Gasteiger partial charge in [-0.25, -0.2) is 0 Å². The van der Waals surface area contributed by atoms with E-state index in [2.05, 4.69) is 21.3 Å². The number of amides is 1. The fraction of sp³-hybridized carbons (Fsp3) is 0.286. The van der Waals surface area contributed by atoms with Gasteiger partial charge in [-0.05, 0) is 24.3 Å². The number of aromatic nitrogens is 1. The first kappa shape index (κ1) is 18.8. The highest BCUT2D eigenvalue weighted by molar-refractivity contribution is 5.90. The third kappa shape index (κ3) is 4.47. The Morgan fingerprint density at radius 3 is 2.62 bits per heavy atom. The van der Waals surface area contributed by atoms with E-state index in [4.69, 9.17) is 8.83 Å². The van der Waals surface area contributed by atoms with Crippen LogP contribution in [0.15, 0.2) is 57.6 Å². The van der Waals surface area contributed by atoms with Crippen LogP contribution >= 0.6 is 0 Å². The summed E-state index contributed by atoms with van der Waals surface area (Å²) < 4.78 is 11.1. The number of para-hydroxylation sites is 1. The molecule has 1 aliphatic heterocycles. The third-order valence-electron chi connectivity index (χ3n) is 4.82. The largest absolute Gasteiger partial charge is 0.459 e. The van der Waals surface area contributed by atoms with Crippen LogP contribution in [0.2, 0.25) is 0 Å². The number of piperazine rings is 1. The van der Waals surface area contributed by atoms with E-state index >= 15 is 0 Å². The zero-order valence-electron chi connectivity index (χ0n) is 15.9. The second-order valence-electron chi connectivity index (χ2n) is 6.75. The summed E-state index contributed by atoms with van der Waals surface area (Å²) in [5.41, 5.74) is 1.07. The molecular formula is C21H21N5O3. The lowest BCUT2D eigenvalue weighted by atomic mass is 10.2. The molecule has 0 radical (unpaired) electrons. The van der Waals surface area contributed by atoms with Crippen molar-refractivity contribution in [2.75, 3.05) is 42.9 Å². The maximum Gasteiger partial charge on any atom is 0.266 e. The zero-order valence-corrected chi connectivity index (χ0v) is 15.9. The summed E-state index contributed by atoms with van der Waals surface area (Å²) in [6, 6.07) is 15.0. The first-order valence-electron chi connectivity index (χ1n) is 9.50. The minimum absolute atomic E-state index is 0.00344. The molecule has 0 spiro atoms. The molecule has 8 heteroatoms. The molecule has 1 N–H and O–H groups in total. The van der Waals surface area contributed by atoms with Crippen LogP contribution in [0.5, 0.6) is 0 Å². The van der Waals surface area contributed by atoms with Gasteiger partial charge in [-0.1, -0.05) is 18.2 Å². The van der Waals surface area contributed by atoms with Crippen LogP contribution < -0.4 is 10.2 Å². The molecule has 0 atom stereocenters. The molecule has 1 aliphatic rings. The maximum absolute atomic E-state index is 12.1. The third-order valence-corrected chi connectivity index (χ3v) is 4.82. The van der Waals surface area contributed by atoms with Crippen molar-refractivity contribution in [2.45, 2.75) is 6.42 Å².